The molecule has 0 saturated carbocycles. The van der Waals surface area contributed by atoms with E-state index in [2.05, 4.69) is 23.3 Å². The molecule has 3 aromatic carbocycles. The van der Waals surface area contributed by atoms with E-state index in [1.54, 1.807) is 0 Å². The molecule has 3 rings (SSSR count). The van der Waals surface area contributed by atoms with Crippen LogP contribution in [0.25, 0.3) is 10.8 Å². The first-order chi connectivity index (χ1) is 10.8. The molecule has 0 radical (unpaired) electrons. The molecule has 4 nitrogen and oxygen atoms in total. The molecule has 0 bridgehead atoms. The Morgan fingerprint density at radius 1 is 0.909 bits per heavy atom. The number of benzene rings is 3. The first kappa shape index (κ1) is 13.9. The van der Waals surface area contributed by atoms with Crippen molar-refractivity contribution in [3.8, 4) is 5.75 Å². The molecule has 110 valence electrons. The summed E-state index contributed by atoms with van der Waals surface area (Å²) in [5.74, 6) is 6.35. The lowest BCUT2D eigenvalue weighted by Crippen LogP contribution is -2.15. The molecule has 0 unspecified atom stereocenters. The van der Waals surface area contributed by atoms with Gasteiger partial charge < -0.3 is 16.3 Å². The largest absolute Gasteiger partial charge is 0.489 e. The molecule has 0 atom stereocenters. The molecule has 0 amide bonds. The van der Waals surface area contributed by atoms with Gasteiger partial charge in [-0.25, -0.2) is 0 Å². The number of hydrazone groups is 1. The third-order valence-corrected chi connectivity index (χ3v) is 3.49. The molecular formula is C18H17N3O. The first-order valence-corrected chi connectivity index (χ1v) is 7.00. The molecule has 22 heavy (non-hydrogen) atoms. The Morgan fingerprint density at radius 2 is 1.73 bits per heavy atom. The highest BCUT2D eigenvalue weighted by Gasteiger charge is 2.02. The van der Waals surface area contributed by atoms with E-state index in [-0.39, 0.29) is 0 Å². The van der Waals surface area contributed by atoms with Gasteiger partial charge >= 0.3 is 0 Å². The highest BCUT2D eigenvalue weighted by atomic mass is 16.5. The topological polar surface area (TPSA) is 73.6 Å². The molecular weight excluding hydrogens is 274 g/mol. The Bertz CT molecular complexity index is 827. The van der Waals surface area contributed by atoms with Gasteiger partial charge in [0.2, 0.25) is 0 Å². The molecule has 0 aliphatic rings. The normalized spacial score (nSPS) is 11.5. The Kier molecular flexibility index (Phi) is 3.92. The van der Waals surface area contributed by atoms with Crippen molar-refractivity contribution in [2.24, 2.45) is 16.7 Å². The van der Waals surface area contributed by atoms with Crippen molar-refractivity contribution in [1.82, 2.24) is 0 Å². The van der Waals surface area contributed by atoms with Crippen molar-refractivity contribution < 1.29 is 4.74 Å². The highest BCUT2D eigenvalue weighted by molar-refractivity contribution is 5.97. The van der Waals surface area contributed by atoms with Crippen molar-refractivity contribution >= 4 is 16.6 Å². The maximum atomic E-state index is 5.86. The number of amidine groups is 1. The van der Waals surface area contributed by atoms with Crippen LogP contribution in [0.1, 0.15) is 11.1 Å². The van der Waals surface area contributed by atoms with E-state index in [0.29, 0.717) is 12.4 Å². The van der Waals surface area contributed by atoms with Gasteiger partial charge in [0, 0.05) is 5.56 Å². The van der Waals surface area contributed by atoms with E-state index in [4.69, 9.17) is 16.3 Å². The second-order valence-electron chi connectivity index (χ2n) is 5.01. The summed E-state index contributed by atoms with van der Waals surface area (Å²) in [6.07, 6.45) is 0. The van der Waals surface area contributed by atoms with Crippen molar-refractivity contribution in [3.63, 3.8) is 0 Å². The van der Waals surface area contributed by atoms with Gasteiger partial charge in [-0.2, -0.15) is 5.10 Å². The van der Waals surface area contributed by atoms with Crippen LogP contribution in [0.4, 0.5) is 0 Å². The van der Waals surface area contributed by atoms with Gasteiger partial charge in [0.1, 0.15) is 18.2 Å². The lowest BCUT2D eigenvalue weighted by molar-refractivity contribution is 0.306. The number of fused-ring (bicyclic) bond motifs is 1. The summed E-state index contributed by atoms with van der Waals surface area (Å²) in [4.78, 5) is 0. The zero-order valence-corrected chi connectivity index (χ0v) is 12.1. The van der Waals surface area contributed by atoms with E-state index in [1.165, 1.54) is 5.39 Å². The van der Waals surface area contributed by atoms with Crippen molar-refractivity contribution in [1.29, 1.82) is 0 Å². The molecule has 0 saturated heterocycles. The average molecular weight is 291 g/mol. The summed E-state index contributed by atoms with van der Waals surface area (Å²) >= 11 is 0. The van der Waals surface area contributed by atoms with Crippen LogP contribution in [0.2, 0.25) is 0 Å². The van der Waals surface area contributed by atoms with E-state index in [1.807, 2.05) is 48.5 Å². The third-order valence-electron chi connectivity index (χ3n) is 3.49. The fraction of sp³-hybridized carbons (Fsp3) is 0.0556. The van der Waals surface area contributed by atoms with E-state index < -0.39 is 0 Å². The number of ether oxygens (including phenoxy) is 1. The van der Waals surface area contributed by atoms with Gasteiger partial charge in [0.15, 0.2) is 0 Å². The summed E-state index contributed by atoms with van der Waals surface area (Å²) in [5, 5.41) is 5.86. The Balaban J connectivity index is 1.76. The molecule has 4 N–H and O–H groups in total. The first-order valence-electron chi connectivity index (χ1n) is 7.00. The number of nitrogens with two attached hydrogens (primary N) is 2. The Morgan fingerprint density at radius 3 is 2.55 bits per heavy atom. The fourth-order valence-corrected chi connectivity index (χ4v) is 2.32. The number of nitrogens with zero attached hydrogens (tertiary/aromatic N) is 1. The van der Waals surface area contributed by atoms with Gasteiger partial charge in [-0.1, -0.05) is 48.5 Å². The van der Waals surface area contributed by atoms with Crippen LogP contribution < -0.4 is 16.3 Å². The third kappa shape index (κ3) is 3.01. The van der Waals surface area contributed by atoms with Crippen LogP contribution in [-0.2, 0) is 6.61 Å². The number of hydrogen-bond donors (Lipinski definition) is 2. The quantitative estimate of drug-likeness (QED) is 0.336. The van der Waals surface area contributed by atoms with Crippen LogP contribution in [-0.4, -0.2) is 5.84 Å². The maximum absolute atomic E-state index is 5.86. The summed E-state index contributed by atoms with van der Waals surface area (Å²) in [6, 6.07) is 21.9. The molecule has 0 aliphatic heterocycles. The smallest absolute Gasteiger partial charge is 0.150 e. The minimum Gasteiger partial charge on any atom is -0.489 e. The minimum absolute atomic E-state index is 0.313. The lowest BCUT2D eigenvalue weighted by Gasteiger charge is -2.08. The van der Waals surface area contributed by atoms with Crippen LogP contribution in [0.3, 0.4) is 0 Å². The molecule has 3 aromatic rings. The van der Waals surface area contributed by atoms with Crippen LogP contribution in [0.5, 0.6) is 5.75 Å². The summed E-state index contributed by atoms with van der Waals surface area (Å²) in [6.45, 7) is 0.462. The second kappa shape index (κ2) is 6.18. The molecule has 4 heteroatoms. The van der Waals surface area contributed by atoms with Crippen molar-refractivity contribution in [3.05, 3.63) is 77.9 Å². The van der Waals surface area contributed by atoms with Crippen molar-refractivity contribution in [2.75, 3.05) is 0 Å². The average Bonchev–Trinajstić information content (AvgIpc) is 2.59. The molecule has 0 aromatic heterocycles. The minimum atomic E-state index is 0.313. The predicted octanol–water partition coefficient (Wildman–Crippen LogP) is 3.00. The Labute approximate surface area is 129 Å². The lowest BCUT2D eigenvalue weighted by atomic mass is 10.1. The van der Waals surface area contributed by atoms with Gasteiger partial charge in [0.05, 0.1) is 0 Å². The van der Waals surface area contributed by atoms with Gasteiger partial charge in [0.25, 0.3) is 0 Å². The highest BCUT2D eigenvalue weighted by Crippen LogP contribution is 2.21. The fourth-order valence-electron chi connectivity index (χ4n) is 2.32. The maximum Gasteiger partial charge on any atom is 0.150 e. The van der Waals surface area contributed by atoms with Crippen LogP contribution in [0, 0.1) is 0 Å². The van der Waals surface area contributed by atoms with Gasteiger partial charge in [-0.3, -0.25) is 0 Å². The standard InChI is InChI=1S/C18H17N3O/c19-18(21-20)16-7-3-4-13(10-16)12-22-17-9-8-14-5-1-2-6-15(14)11-17/h1-11H,12,20H2,(H2,19,21). The Hall–Kier alpha value is -3.01. The molecule has 0 aliphatic carbocycles. The van der Waals surface area contributed by atoms with Gasteiger partial charge in [-0.15, -0.1) is 0 Å². The second-order valence-corrected chi connectivity index (χ2v) is 5.01. The van der Waals surface area contributed by atoms with Crippen LogP contribution >= 0.6 is 0 Å². The molecule has 0 heterocycles. The summed E-state index contributed by atoms with van der Waals surface area (Å²) < 4.78 is 5.86. The molecule has 0 fully saturated rings. The van der Waals surface area contributed by atoms with Gasteiger partial charge in [-0.05, 0) is 34.5 Å². The molecule has 0 spiro atoms. The summed E-state index contributed by atoms with van der Waals surface area (Å²) in [7, 11) is 0. The SMILES string of the molecule is N/N=C(\N)c1cccc(COc2ccc3ccccc3c2)c1. The zero-order valence-electron chi connectivity index (χ0n) is 12.1. The van der Waals surface area contributed by atoms with Crippen LogP contribution in [0.15, 0.2) is 71.8 Å². The monoisotopic (exact) mass is 291 g/mol. The number of hydrogen-bond acceptors (Lipinski definition) is 3. The van der Waals surface area contributed by atoms with E-state index in [0.717, 1.165) is 22.3 Å². The zero-order chi connectivity index (χ0) is 15.4. The number of rotatable bonds is 4. The van der Waals surface area contributed by atoms with E-state index >= 15 is 0 Å². The van der Waals surface area contributed by atoms with Crippen molar-refractivity contribution in [2.45, 2.75) is 6.61 Å². The summed E-state index contributed by atoms with van der Waals surface area (Å²) in [5.41, 5.74) is 7.52. The predicted molar refractivity (Wildman–Crippen MR) is 89.6 cm³/mol. The van der Waals surface area contributed by atoms with E-state index in [9.17, 15) is 0 Å².